The second kappa shape index (κ2) is 4.93. The molecular formula is C13H15N3O. The monoisotopic (exact) mass is 229 g/mol. The molecule has 0 radical (unpaired) electrons. The third kappa shape index (κ3) is 2.60. The normalized spacial score (nSPS) is 12.2. The molecule has 2 aromatic heterocycles. The number of pyridine rings is 2. The summed E-state index contributed by atoms with van der Waals surface area (Å²) in [5, 5.41) is 0. The van der Waals surface area contributed by atoms with E-state index in [4.69, 9.17) is 10.5 Å². The Kier molecular flexibility index (Phi) is 3.35. The lowest BCUT2D eigenvalue weighted by molar-refractivity contribution is 0.412. The molecule has 4 nitrogen and oxygen atoms in total. The second-order valence-corrected chi connectivity index (χ2v) is 3.87. The summed E-state index contributed by atoms with van der Waals surface area (Å²) in [6.07, 6.45) is 5.19. The van der Waals surface area contributed by atoms with Crippen LogP contribution in [0, 0.1) is 6.92 Å². The molecule has 0 saturated heterocycles. The minimum absolute atomic E-state index is 0.231. The zero-order chi connectivity index (χ0) is 12.3. The predicted octanol–water partition coefficient (Wildman–Crippen LogP) is 1.84. The molecule has 88 valence electrons. The molecule has 0 aliphatic carbocycles. The molecule has 0 aliphatic heterocycles. The van der Waals surface area contributed by atoms with Gasteiger partial charge < -0.3 is 10.5 Å². The highest BCUT2D eigenvalue weighted by Gasteiger charge is 2.10. The van der Waals surface area contributed by atoms with Gasteiger partial charge in [-0.25, -0.2) is 0 Å². The summed E-state index contributed by atoms with van der Waals surface area (Å²) in [5.74, 6) is 0.707. The van der Waals surface area contributed by atoms with Crippen LogP contribution in [0.2, 0.25) is 0 Å². The average molecular weight is 229 g/mol. The number of hydrogen-bond donors (Lipinski definition) is 1. The standard InChI is InChI=1S/C13H15N3O/c1-9-3-4-10(7-16-9)13(14)11-5-12(17-2)8-15-6-11/h3-8,13H,14H2,1-2H3. The van der Waals surface area contributed by atoms with E-state index in [0.717, 1.165) is 16.8 Å². The van der Waals surface area contributed by atoms with Crippen molar-refractivity contribution in [2.24, 2.45) is 5.73 Å². The van der Waals surface area contributed by atoms with Crippen molar-refractivity contribution in [1.82, 2.24) is 9.97 Å². The molecule has 0 fully saturated rings. The number of hydrogen-bond acceptors (Lipinski definition) is 4. The highest BCUT2D eigenvalue weighted by atomic mass is 16.5. The van der Waals surface area contributed by atoms with Crippen LogP contribution in [0.15, 0.2) is 36.8 Å². The number of aryl methyl sites for hydroxylation is 1. The van der Waals surface area contributed by atoms with Crippen LogP contribution in [0.1, 0.15) is 22.9 Å². The van der Waals surface area contributed by atoms with Gasteiger partial charge in [-0.15, -0.1) is 0 Å². The van der Waals surface area contributed by atoms with Crippen LogP contribution in [-0.4, -0.2) is 17.1 Å². The van der Waals surface area contributed by atoms with Crippen molar-refractivity contribution in [1.29, 1.82) is 0 Å². The zero-order valence-electron chi connectivity index (χ0n) is 9.92. The number of nitrogens with zero attached hydrogens (tertiary/aromatic N) is 2. The SMILES string of the molecule is COc1cncc(C(N)c2ccc(C)nc2)c1. The van der Waals surface area contributed by atoms with Gasteiger partial charge in [-0.2, -0.15) is 0 Å². The van der Waals surface area contributed by atoms with Gasteiger partial charge in [0, 0.05) is 18.1 Å². The molecular weight excluding hydrogens is 214 g/mol. The molecule has 17 heavy (non-hydrogen) atoms. The van der Waals surface area contributed by atoms with Crippen molar-refractivity contribution < 1.29 is 4.74 Å². The largest absolute Gasteiger partial charge is 0.495 e. The minimum Gasteiger partial charge on any atom is -0.495 e. The van der Waals surface area contributed by atoms with Crippen molar-refractivity contribution >= 4 is 0 Å². The molecule has 0 bridgehead atoms. The molecule has 0 saturated carbocycles. The van der Waals surface area contributed by atoms with Gasteiger partial charge in [0.25, 0.3) is 0 Å². The van der Waals surface area contributed by atoms with E-state index < -0.39 is 0 Å². The van der Waals surface area contributed by atoms with E-state index >= 15 is 0 Å². The number of methoxy groups -OCH3 is 1. The Morgan fingerprint density at radius 1 is 1.18 bits per heavy atom. The first kappa shape index (κ1) is 11.5. The molecule has 0 aromatic carbocycles. The summed E-state index contributed by atoms with van der Waals surface area (Å²) >= 11 is 0. The smallest absolute Gasteiger partial charge is 0.137 e. The van der Waals surface area contributed by atoms with E-state index in [1.807, 2.05) is 25.1 Å². The van der Waals surface area contributed by atoms with Gasteiger partial charge in [-0.05, 0) is 30.2 Å². The Bertz CT molecular complexity index is 496. The maximum absolute atomic E-state index is 6.15. The number of aromatic nitrogens is 2. The summed E-state index contributed by atoms with van der Waals surface area (Å²) in [6, 6.07) is 5.58. The number of rotatable bonds is 3. The van der Waals surface area contributed by atoms with E-state index in [-0.39, 0.29) is 6.04 Å². The van der Waals surface area contributed by atoms with E-state index in [1.165, 1.54) is 0 Å². The third-order valence-electron chi connectivity index (χ3n) is 2.62. The van der Waals surface area contributed by atoms with Crippen LogP contribution in [0.3, 0.4) is 0 Å². The Morgan fingerprint density at radius 3 is 2.65 bits per heavy atom. The number of ether oxygens (including phenoxy) is 1. The average Bonchev–Trinajstić information content (AvgIpc) is 2.39. The summed E-state index contributed by atoms with van der Waals surface area (Å²) in [7, 11) is 1.61. The Balaban J connectivity index is 2.29. The van der Waals surface area contributed by atoms with E-state index in [0.29, 0.717) is 5.75 Å². The van der Waals surface area contributed by atoms with Gasteiger partial charge in [-0.1, -0.05) is 6.07 Å². The first-order valence-corrected chi connectivity index (χ1v) is 5.38. The van der Waals surface area contributed by atoms with E-state index in [1.54, 1.807) is 25.7 Å². The fraction of sp³-hybridized carbons (Fsp3) is 0.231. The van der Waals surface area contributed by atoms with Crippen molar-refractivity contribution in [2.75, 3.05) is 7.11 Å². The molecule has 2 N–H and O–H groups in total. The summed E-state index contributed by atoms with van der Waals surface area (Å²) in [6.45, 7) is 1.95. The van der Waals surface area contributed by atoms with Crippen LogP contribution < -0.4 is 10.5 Å². The maximum atomic E-state index is 6.15. The Hall–Kier alpha value is -1.94. The fourth-order valence-corrected chi connectivity index (χ4v) is 1.57. The summed E-state index contributed by atoms with van der Waals surface area (Å²) < 4.78 is 5.13. The third-order valence-corrected chi connectivity index (χ3v) is 2.62. The van der Waals surface area contributed by atoms with Gasteiger partial charge in [-0.3, -0.25) is 9.97 Å². The Morgan fingerprint density at radius 2 is 2.00 bits per heavy atom. The zero-order valence-corrected chi connectivity index (χ0v) is 9.92. The van der Waals surface area contributed by atoms with Gasteiger partial charge in [0.05, 0.1) is 19.3 Å². The molecule has 1 atom stereocenters. The summed E-state index contributed by atoms with van der Waals surface area (Å²) in [4.78, 5) is 8.33. The molecule has 0 amide bonds. The van der Waals surface area contributed by atoms with Crippen LogP contribution in [-0.2, 0) is 0 Å². The van der Waals surface area contributed by atoms with Crippen molar-refractivity contribution in [2.45, 2.75) is 13.0 Å². The molecule has 2 aromatic rings. The molecule has 4 heteroatoms. The molecule has 0 aliphatic rings. The van der Waals surface area contributed by atoms with Gasteiger partial charge in [0.1, 0.15) is 5.75 Å². The predicted molar refractivity (Wildman–Crippen MR) is 65.8 cm³/mol. The molecule has 2 heterocycles. The van der Waals surface area contributed by atoms with E-state index in [2.05, 4.69) is 9.97 Å². The van der Waals surface area contributed by atoms with Crippen LogP contribution in [0.25, 0.3) is 0 Å². The fourth-order valence-electron chi connectivity index (χ4n) is 1.57. The second-order valence-electron chi connectivity index (χ2n) is 3.87. The van der Waals surface area contributed by atoms with Gasteiger partial charge in [0.2, 0.25) is 0 Å². The minimum atomic E-state index is -0.231. The summed E-state index contributed by atoms with van der Waals surface area (Å²) in [5.41, 5.74) is 9.01. The van der Waals surface area contributed by atoms with Crippen molar-refractivity contribution in [3.63, 3.8) is 0 Å². The lowest BCUT2D eigenvalue weighted by Crippen LogP contribution is -2.12. The number of nitrogens with two attached hydrogens (primary N) is 1. The lowest BCUT2D eigenvalue weighted by atomic mass is 10.0. The maximum Gasteiger partial charge on any atom is 0.137 e. The van der Waals surface area contributed by atoms with Gasteiger partial charge in [0.15, 0.2) is 0 Å². The molecule has 0 spiro atoms. The van der Waals surface area contributed by atoms with Crippen molar-refractivity contribution in [3.8, 4) is 5.75 Å². The first-order valence-electron chi connectivity index (χ1n) is 5.38. The van der Waals surface area contributed by atoms with Crippen LogP contribution in [0.4, 0.5) is 0 Å². The first-order chi connectivity index (χ1) is 8.20. The highest BCUT2D eigenvalue weighted by molar-refractivity contribution is 5.32. The van der Waals surface area contributed by atoms with E-state index in [9.17, 15) is 0 Å². The molecule has 2 rings (SSSR count). The van der Waals surface area contributed by atoms with Gasteiger partial charge >= 0.3 is 0 Å². The lowest BCUT2D eigenvalue weighted by Gasteiger charge is -2.12. The highest BCUT2D eigenvalue weighted by Crippen LogP contribution is 2.21. The quantitative estimate of drug-likeness (QED) is 0.872. The topological polar surface area (TPSA) is 61.0 Å². The molecule has 1 unspecified atom stereocenters. The van der Waals surface area contributed by atoms with Crippen LogP contribution >= 0.6 is 0 Å². The van der Waals surface area contributed by atoms with Crippen molar-refractivity contribution in [3.05, 3.63) is 53.6 Å². The van der Waals surface area contributed by atoms with Crippen LogP contribution in [0.5, 0.6) is 5.75 Å². The Labute approximate surface area is 100 Å².